The first-order valence-electron chi connectivity index (χ1n) is 13.2. The summed E-state index contributed by atoms with van der Waals surface area (Å²) in [6, 6.07) is 1.97. The fraction of sp³-hybridized carbons (Fsp3) is 0.778. The summed E-state index contributed by atoms with van der Waals surface area (Å²) in [6.07, 6.45) is 5.86. The predicted octanol–water partition coefficient (Wildman–Crippen LogP) is 9.67. The summed E-state index contributed by atoms with van der Waals surface area (Å²) in [4.78, 5) is 0. The van der Waals surface area contributed by atoms with Crippen LogP contribution in [0.5, 0.6) is 11.5 Å². The number of benzene rings is 1. The van der Waals surface area contributed by atoms with E-state index in [0.717, 1.165) is 43.6 Å². The topological polar surface area (TPSA) is 18.5 Å². The number of hydrogen-bond acceptors (Lipinski definition) is 2. The van der Waals surface area contributed by atoms with Gasteiger partial charge in [-0.3, -0.25) is 0 Å². The third kappa shape index (κ3) is 9.41. The van der Waals surface area contributed by atoms with Crippen LogP contribution >= 0.6 is 0 Å². The van der Waals surface area contributed by atoms with Crippen LogP contribution in [0.3, 0.4) is 0 Å². The Morgan fingerprint density at radius 3 is 1.86 bits per heavy atom. The average Bonchev–Trinajstić information content (AvgIpc) is 2.80. The van der Waals surface area contributed by atoms with Crippen molar-refractivity contribution < 1.29 is 35.8 Å². The summed E-state index contributed by atoms with van der Waals surface area (Å²) < 4.78 is 87.2. The maximum Gasteiger partial charge on any atom is 0.573 e. The summed E-state index contributed by atoms with van der Waals surface area (Å²) in [5.74, 6) is -0.444. The highest BCUT2D eigenvalue weighted by Gasteiger charge is 2.36. The minimum absolute atomic E-state index is 0.213. The molecule has 0 spiro atoms. The predicted molar refractivity (Wildman–Crippen MR) is 123 cm³/mol. The van der Waals surface area contributed by atoms with Crippen molar-refractivity contribution in [1.82, 2.24) is 0 Å². The van der Waals surface area contributed by atoms with Gasteiger partial charge < -0.3 is 9.47 Å². The fourth-order valence-electron chi connectivity index (χ4n) is 5.93. The molecule has 0 atom stereocenters. The molecule has 0 aromatic heterocycles. The largest absolute Gasteiger partial charge is 0.573 e. The third-order valence-electron chi connectivity index (χ3n) is 7.91. The molecule has 2 aliphatic rings. The first-order valence-corrected chi connectivity index (χ1v) is 13.2. The Balaban J connectivity index is 1.37. The number of ether oxygens (including phenoxy) is 2. The molecule has 0 radical (unpaired) electrons. The molecular weight excluding hydrogens is 470 g/mol. The van der Waals surface area contributed by atoms with Gasteiger partial charge in [0.25, 0.3) is 0 Å². The van der Waals surface area contributed by atoms with Crippen molar-refractivity contribution in [3.05, 3.63) is 24.0 Å². The molecular formula is C27H38F6O2. The number of unbranched alkanes of at least 4 members (excludes halogenated alkanes) is 2. The van der Waals surface area contributed by atoms with Gasteiger partial charge in [0.2, 0.25) is 0 Å². The van der Waals surface area contributed by atoms with Crippen LogP contribution in [0.4, 0.5) is 26.3 Å². The molecule has 1 aromatic carbocycles. The van der Waals surface area contributed by atoms with Gasteiger partial charge in [0.1, 0.15) is 5.75 Å². The van der Waals surface area contributed by atoms with E-state index in [2.05, 4.69) is 16.4 Å². The van der Waals surface area contributed by atoms with E-state index in [4.69, 9.17) is 0 Å². The number of hydrogen-bond donors (Lipinski definition) is 0. The van der Waals surface area contributed by atoms with E-state index in [1.54, 1.807) is 0 Å². The number of alkyl halides is 5. The van der Waals surface area contributed by atoms with Gasteiger partial charge in [-0.15, -0.1) is 13.2 Å². The van der Waals surface area contributed by atoms with Crippen molar-refractivity contribution >= 4 is 0 Å². The first kappa shape index (κ1) is 28.0. The normalized spacial score (nSPS) is 25.9. The first-order chi connectivity index (χ1) is 16.5. The average molecular weight is 509 g/mol. The van der Waals surface area contributed by atoms with Crippen molar-refractivity contribution in [1.29, 1.82) is 0 Å². The van der Waals surface area contributed by atoms with Gasteiger partial charge in [-0.2, -0.15) is 8.78 Å². The number of halogens is 6. The van der Waals surface area contributed by atoms with E-state index in [0.29, 0.717) is 24.5 Å². The Hall–Kier alpha value is -1.60. The van der Waals surface area contributed by atoms with E-state index in [9.17, 15) is 26.3 Å². The molecule has 0 amide bonds. The second-order valence-electron chi connectivity index (χ2n) is 10.5. The SMILES string of the molecule is CCCCCC1CCC(C2CCC(CCC(F)(F)Oc3ccc(OC(F)(F)F)c(F)c3)CC2)CC1. The lowest BCUT2D eigenvalue weighted by molar-refractivity contribution is -0.275. The van der Waals surface area contributed by atoms with Crippen molar-refractivity contribution in [3.63, 3.8) is 0 Å². The molecule has 0 aliphatic heterocycles. The van der Waals surface area contributed by atoms with Crippen molar-refractivity contribution in [2.45, 2.75) is 109 Å². The van der Waals surface area contributed by atoms with Crippen LogP contribution in [-0.2, 0) is 0 Å². The fourth-order valence-corrected chi connectivity index (χ4v) is 5.93. The van der Waals surface area contributed by atoms with E-state index in [-0.39, 0.29) is 5.92 Å². The summed E-state index contributed by atoms with van der Waals surface area (Å²) in [6.45, 7) is 2.24. The lowest BCUT2D eigenvalue weighted by atomic mass is 9.68. The quantitative estimate of drug-likeness (QED) is 0.219. The lowest BCUT2D eigenvalue weighted by Gasteiger charge is -2.38. The molecule has 0 unspecified atom stereocenters. The summed E-state index contributed by atoms with van der Waals surface area (Å²) in [7, 11) is 0. The van der Waals surface area contributed by atoms with Gasteiger partial charge in [0.15, 0.2) is 11.6 Å². The Labute approximate surface area is 204 Å². The Morgan fingerprint density at radius 2 is 1.34 bits per heavy atom. The zero-order valence-corrected chi connectivity index (χ0v) is 20.5. The molecule has 3 rings (SSSR count). The standard InChI is InChI=1S/C27H38F6O2/c1-2-3-4-5-19-6-10-21(11-7-19)22-12-8-20(9-13-22)16-17-26(29,30)34-23-14-15-25(24(28)18-23)35-27(31,32)33/h14-15,18-22H,2-13,16-17H2,1H3. The zero-order chi connectivity index (χ0) is 25.5. The second kappa shape index (κ2) is 12.6. The second-order valence-corrected chi connectivity index (χ2v) is 10.5. The minimum atomic E-state index is -5.07. The Kier molecular flexibility index (Phi) is 10.1. The van der Waals surface area contributed by atoms with E-state index in [1.807, 2.05) is 0 Å². The van der Waals surface area contributed by atoms with Gasteiger partial charge in [-0.25, -0.2) is 4.39 Å². The molecule has 2 saturated carbocycles. The molecule has 8 heteroatoms. The highest BCUT2D eigenvalue weighted by atomic mass is 19.4. The van der Waals surface area contributed by atoms with Crippen LogP contribution in [0, 0.1) is 29.5 Å². The Morgan fingerprint density at radius 1 is 0.771 bits per heavy atom. The summed E-state index contributed by atoms with van der Waals surface area (Å²) >= 11 is 0. The maximum atomic E-state index is 14.3. The van der Waals surface area contributed by atoms with Crippen molar-refractivity contribution in [3.8, 4) is 11.5 Å². The van der Waals surface area contributed by atoms with Gasteiger partial charge in [0.05, 0.1) is 6.42 Å². The van der Waals surface area contributed by atoms with Crippen LogP contribution < -0.4 is 9.47 Å². The smallest absolute Gasteiger partial charge is 0.432 e. The van der Waals surface area contributed by atoms with Crippen LogP contribution in [0.2, 0.25) is 0 Å². The van der Waals surface area contributed by atoms with Crippen molar-refractivity contribution in [2.75, 3.05) is 0 Å². The van der Waals surface area contributed by atoms with Crippen LogP contribution in [-0.4, -0.2) is 12.5 Å². The van der Waals surface area contributed by atoms with Gasteiger partial charge in [-0.1, -0.05) is 58.3 Å². The molecule has 0 N–H and O–H groups in total. The molecule has 0 bridgehead atoms. The lowest BCUT2D eigenvalue weighted by Crippen LogP contribution is -2.28. The zero-order valence-electron chi connectivity index (χ0n) is 20.5. The highest BCUT2D eigenvalue weighted by molar-refractivity contribution is 5.33. The van der Waals surface area contributed by atoms with Crippen LogP contribution in [0.1, 0.15) is 96.8 Å². The van der Waals surface area contributed by atoms with E-state index in [1.165, 1.54) is 51.4 Å². The van der Waals surface area contributed by atoms with Crippen LogP contribution in [0.25, 0.3) is 0 Å². The van der Waals surface area contributed by atoms with E-state index < -0.39 is 36.2 Å². The summed E-state index contributed by atoms with van der Waals surface area (Å²) in [5.41, 5.74) is 0. The van der Waals surface area contributed by atoms with Crippen molar-refractivity contribution in [2.24, 2.45) is 23.7 Å². The molecule has 2 aliphatic carbocycles. The van der Waals surface area contributed by atoms with E-state index >= 15 is 0 Å². The van der Waals surface area contributed by atoms with Gasteiger partial charge >= 0.3 is 12.5 Å². The molecule has 0 heterocycles. The van der Waals surface area contributed by atoms with Gasteiger partial charge in [-0.05, 0) is 67.9 Å². The van der Waals surface area contributed by atoms with Crippen LogP contribution in [0.15, 0.2) is 18.2 Å². The molecule has 200 valence electrons. The Bertz CT molecular complexity index is 765. The molecule has 0 saturated heterocycles. The molecule has 2 fully saturated rings. The highest BCUT2D eigenvalue weighted by Crippen LogP contribution is 2.44. The maximum absolute atomic E-state index is 14.3. The molecule has 2 nitrogen and oxygen atoms in total. The minimum Gasteiger partial charge on any atom is -0.432 e. The molecule has 35 heavy (non-hydrogen) atoms. The molecule has 1 aromatic rings. The monoisotopic (exact) mass is 508 g/mol. The van der Waals surface area contributed by atoms with Gasteiger partial charge in [0, 0.05) is 6.07 Å². The summed E-state index contributed by atoms with van der Waals surface area (Å²) in [5, 5.41) is 0. The number of rotatable bonds is 11. The third-order valence-corrected chi connectivity index (χ3v) is 7.91.